The molecular formula is C16H21NO. The Balaban J connectivity index is 1.60. The molecular weight excluding hydrogens is 222 g/mol. The zero-order valence-electron chi connectivity index (χ0n) is 10.8. The molecule has 0 aromatic heterocycles. The fourth-order valence-corrected chi connectivity index (χ4v) is 3.43. The minimum Gasteiger partial charge on any atom is -0.302 e. The average Bonchev–Trinajstić information content (AvgIpc) is 2.43. The van der Waals surface area contributed by atoms with Crippen LogP contribution in [0.25, 0.3) is 0 Å². The molecule has 0 amide bonds. The third-order valence-corrected chi connectivity index (χ3v) is 4.57. The molecule has 1 aromatic rings. The van der Waals surface area contributed by atoms with Crippen molar-refractivity contribution in [2.75, 3.05) is 19.6 Å². The van der Waals surface area contributed by atoms with Crippen molar-refractivity contribution in [3.05, 3.63) is 35.9 Å². The van der Waals surface area contributed by atoms with E-state index < -0.39 is 0 Å². The Kier molecular flexibility index (Phi) is 3.46. The van der Waals surface area contributed by atoms with Crippen LogP contribution in [-0.2, 0) is 11.2 Å². The van der Waals surface area contributed by atoms with Crippen LogP contribution in [0.1, 0.15) is 24.8 Å². The Hall–Kier alpha value is -1.15. The smallest absolute Gasteiger partial charge is 0.138 e. The highest BCUT2D eigenvalue weighted by Crippen LogP contribution is 2.32. The zero-order valence-corrected chi connectivity index (χ0v) is 10.8. The quantitative estimate of drug-likeness (QED) is 0.813. The zero-order chi connectivity index (χ0) is 12.4. The molecule has 2 bridgehead atoms. The van der Waals surface area contributed by atoms with Gasteiger partial charge in [0.25, 0.3) is 0 Å². The number of nitrogens with zero attached hydrogens (tertiary/aromatic N) is 1. The molecule has 0 aliphatic carbocycles. The SMILES string of the molecule is O=C1CCN2CC[C@H](CCc3ccccc3)[C@H]1C2. The number of benzene rings is 1. The second kappa shape index (κ2) is 5.23. The van der Waals surface area contributed by atoms with Crippen LogP contribution in [0.3, 0.4) is 0 Å². The molecule has 2 fully saturated rings. The Morgan fingerprint density at radius 1 is 1.17 bits per heavy atom. The Morgan fingerprint density at radius 3 is 2.83 bits per heavy atom. The highest BCUT2D eigenvalue weighted by atomic mass is 16.1. The first kappa shape index (κ1) is 11.9. The number of aryl methyl sites for hydroxylation is 1. The monoisotopic (exact) mass is 243 g/mol. The Labute approximate surface area is 109 Å². The summed E-state index contributed by atoms with van der Waals surface area (Å²) in [5.41, 5.74) is 1.41. The number of rotatable bonds is 3. The maximum Gasteiger partial charge on any atom is 0.138 e. The lowest BCUT2D eigenvalue weighted by atomic mass is 9.76. The molecule has 3 atom stereocenters. The molecule has 1 unspecified atom stereocenters. The van der Waals surface area contributed by atoms with Crippen LogP contribution in [0.2, 0.25) is 0 Å². The number of ketones is 1. The molecule has 2 aliphatic rings. The van der Waals surface area contributed by atoms with E-state index in [1.54, 1.807) is 0 Å². The largest absolute Gasteiger partial charge is 0.302 e. The molecule has 0 spiro atoms. The number of hydrogen-bond donors (Lipinski definition) is 0. The molecule has 0 radical (unpaired) electrons. The van der Waals surface area contributed by atoms with Crippen molar-refractivity contribution in [3.8, 4) is 0 Å². The van der Waals surface area contributed by atoms with Crippen molar-refractivity contribution >= 4 is 5.78 Å². The maximum atomic E-state index is 12.0. The van der Waals surface area contributed by atoms with Crippen LogP contribution in [-0.4, -0.2) is 30.3 Å². The van der Waals surface area contributed by atoms with E-state index in [1.165, 1.54) is 24.9 Å². The van der Waals surface area contributed by atoms with Crippen LogP contribution < -0.4 is 0 Å². The van der Waals surface area contributed by atoms with Gasteiger partial charge in [-0.05, 0) is 37.3 Å². The average molecular weight is 243 g/mol. The van der Waals surface area contributed by atoms with Crippen LogP contribution in [0, 0.1) is 11.8 Å². The van der Waals surface area contributed by atoms with Gasteiger partial charge in [-0.15, -0.1) is 0 Å². The standard InChI is InChI=1S/C16H21NO/c18-16-9-11-17-10-8-14(15(16)12-17)7-6-13-4-2-1-3-5-13/h1-5,14-15H,6-12H2/t14-,15+/m0/s1. The van der Waals surface area contributed by atoms with E-state index >= 15 is 0 Å². The topological polar surface area (TPSA) is 20.3 Å². The molecule has 2 aliphatic heterocycles. The number of hydrogen-bond acceptors (Lipinski definition) is 2. The molecule has 96 valence electrons. The second-order valence-electron chi connectivity index (χ2n) is 5.70. The number of Topliss-reactive ketones (excluding diaryl/α,β-unsaturated/α-hetero) is 1. The molecule has 2 heterocycles. The van der Waals surface area contributed by atoms with Crippen molar-refractivity contribution < 1.29 is 4.79 Å². The Morgan fingerprint density at radius 2 is 2.00 bits per heavy atom. The van der Waals surface area contributed by atoms with Gasteiger partial charge in [0.1, 0.15) is 5.78 Å². The fraction of sp³-hybridized carbons (Fsp3) is 0.562. The summed E-state index contributed by atoms with van der Waals surface area (Å²) < 4.78 is 0. The second-order valence-corrected chi connectivity index (χ2v) is 5.70. The normalized spacial score (nSPS) is 31.3. The van der Waals surface area contributed by atoms with E-state index in [0.717, 1.165) is 25.9 Å². The molecule has 2 heteroatoms. The van der Waals surface area contributed by atoms with E-state index in [9.17, 15) is 4.79 Å². The first-order chi connectivity index (χ1) is 8.83. The number of fused-ring (bicyclic) bond motifs is 2. The molecule has 0 saturated carbocycles. The molecule has 3 rings (SSSR count). The van der Waals surface area contributed by atoms with Gasteiger partial charge in [0.05, 0.1) is 0 Å². The lowest BCUT2D eigenvalue weighted by Crippen LogP contribution is -2.49. The highest BCUT2D eigenvalue weighted by Gasteiger charge is 2.36. The summed E-state index contributed by atoms with van der Waals surface area (Å²) in [7, 11) is 0. The van der Waals surface area contributed by atoms with Gasteiger partial charge in [-0.3, -0.25) is 4.79 Å². The van der Waals surface area contributed by atoms with Gasteiger partial charge in [0.2, 0.25) is 0 Å². The summed E-state index contributed by atoms with van der Waals surface area (Å²) >= 11 is 0. The maximum absolute atomic E-state index is 12.0. The number of carbonyl (C=O) groups excluding carboxylic acids is 1. The predicted octanol–water partition coefficient (Wildman–Crippen LogP) is 2.53. The van der Waals surface area contributed by atoms with Crippen LogP contribution in [0.15, 0.2) is 30.3 Å². The molecule has 2 saturated heterocycles. The van der Waals surface area contributed by atoms with Gasteiger partial charge in [-0.1, -0.05) is 30.3 Å². The summed E-state index contributed by atoms with van der Waals surface area (Å²) in [4.78, 5) is 14.5. The third kappa shape index (κ3) is 2.49. The van der Waals surface area contributed by atoms with Crippen LogP contribution >= 0.6 is 0 Å². The minimum absolute atomic E-state index is 0.330. The van der Waals surface area contributed by atoms with Crippen LogP contribution in [0.4, 0.5) is 0 Å². The van der Waals surface area contributed by atoms with Crippen molar-refractivity contribution in [2.45, 2.75) is 25.7 Å². The first-order valence-corrected chi connectivity index (χ1v) is 7.12. The molecule has 18 heavy (non-hydrogen) atoms. The van der Waals surface area contributed by atoms with E-state index in [2.05, 4.69) is 35.2 Å². The minimum atomic E-state index is 0.330. The molecule has 1 aromatic carbocycles. The van der Waals surface area contributed by atoms with Gasteiger partial charge in [0.15, 0.2) is 0 Å². The number of carbonyl (C=O) groups is 1. The number of piperidine rings is 2. The van der Waals surface area contributed by atoms with Gasteiger partial charge >= 0.3 is 0 Å². The predicted molar refractivity (Wildman–Crippen MR) is 72.4 cm³/mol. The first-order valence-electron chi connectivity index (χ1n) is 7.12. The summed E-state index contributed by atoms with van der Waals surface area (Å²) in [5, 5.41) is 0. The highest BCUT2D eigenvalue weighted by molar-refractivity contribution is 5.82. The fourth-order valence-electron chi connectivity index (χ4n) is 3.43. The third-order valence-electron chi connectivity index (χ3n) is 4.57. The summed E-state index contributed by atoms with van der Waals surface area (Å²) in [5.74, 6) is 1.47. The van der Waals surface area contributed by atoms with E-state index in [1.807, 2.05) is 0 Å². The Bertz CT molecular complexity index is 414. The lowest BCUT2D eigenvalue weighted by molar-refractivity contribution is -0.130. The van der Waals surface area contributed by atoms with Crippen molar-refractivity contribution in [3.63, 3.8) is 0 Å². The summed E-state index contributed by atoms with van der Waals surface area (Å²) in [6.45, 7) is 3.22. The lowest BCUT2D eigenvalue weighted by Gasteiger charge is -2.41. The van der Waals surface area contributed by atoms with Crippen LogP contribution in [0.5, 0.6) is 0 Å². The van der Waals surface area contributed by atoms with Crippen molar-refractivity contribution in [1.82, 2.24) is 4.90 Å². The molecule has 2 nitrogen and oxygen atoms in total. The van der Waals surface area contributed by atoms with E-state index in [-0.39, 0.29) is 0 Å². The van der Waals surface area contributed by atoms with Gasteiger partial charge in [0, 0.05) is 25.4 Å². The van der Waals surface area contributed by atoms with Crippen molar-refractivity contribution in [1.29, 1.82) is 0 Å². The van der Waals surface area contributed by atoms with Crippen molar-refractivity contribution in [2.24, 2.45) is 11.8 Å². The summed E-state index contributed by atoms with van der Waals surface area (Å²) in [6, 6.07) is 10.6. The van der Waals surface area contributed by atoms with Gasteiger partial charge in [-0.25, -0.2) is 0 Å². The van der Waals surface area contributed by atoms with E-state index in [4.69, 9.17) is 0 Å². The van der Waals surface area contributed by atoms with Gasteiger partial charge in [-0.2, -0.15) is 0 Å². The van der Waals surface area contributed by atoms with Gasteiger partial charge < -0.3 is 4.90 Å². The molecule has 0 N–H and O–H groups in total. The summed E-state index contributed by atoms with van der Waals surface area (Å²) in [6.07, 6.45) is 4.29. The van der Waals surface area contributed by atoms with E-state index in [0.29, 0.717) is 17.6 Å².